The molecule has 5 heteroatoms. The van der Waals surface area contributed by atoms with E-state index in [1.165, 1.54) is 5.56 Å². The summed E-state index contributed by atoms with van der Waals surface area (Å²) in [4.78, 5) is 13.1. The van der Waals surface area contributed by atoms with Crippen molar-refractivity contribution < 1.29 is 9.21 Å². The molecular formula is C25H23N3O2. The second-order valence-corrected chi connectivity index (χ2v) is 7.09. The van der Waals surface area contributed by atoms with Crippen LogP contribution in [0.25, 0.3) is 0 Å². The largest absolute Gasteiger partial charge is 0.407 e. The van der Waals surface area contributed by atoms with E-state index < -0.39 is 5.92 Å². The van der Waals surface area contributed by atoms with Crippen LogP contribution in [-0.4, -0.2) is 16.1 Å². The van der Waals surface area contributed by atoms with Gasteiger partial charge in [-0.2, -0.15) is 0 Å². The zero-order valence-corrected chi connectivity index (χ0v) is 16.8. The number of amides is 1. The number of anilines is 1. The van der Waals surface area contributed by atoms with Crippen LogP contribution in [0.3, 0.4) is 0 Å². The minimum atomic E-state index is -0.468. The Balaban J connectivity index is 1.50. The highest BCUT2D eigenvalue weighted by molar-refractivity contribution is 5.96. The molecule has 4 aromatic rings. The van der Waals surface area contributed by atoms with Crippen LogP contribution in [0.15, 0.2) is 89.3 Å². The standard InChI is InChI=1S/C25H23N3O2/c1-2-18-13-15-19(16-14-18)17-22-27-28-25(30-22)26-24(29)23(20-9-5-3-6-10-20)21-11-7-4-8-12-21/h3-16,23H,2,17H2,1H3,(H,26,28,29). The van der Waals surface area contributed by atoms with Crippen LogP contribution < -0.4 is 5.32 Å². The van der Waals surface area contributed by atoms with Crippen LogP contribution in [0.1, 0.15) is 41.0 Å². The maximum atomic E-state index is 13.1. The number of rotatable bonds is 7. The number of benzene rings is 3. The minimum Gasteiger partial charge on any atom is -0.407 e. The number of carbonyl (C=O) groups excluding carboxylic acids is 1. The molecular weight excluding hydrogens is 374 g/mol. The van der Waals surface area contributed by atoms with Crippen LogP contribution >= 0.6 is 0 Å². The highest BCUT2D eigenvalue weighted by Gasteiger charge is 2.24. The van der Waals surface area contributed by atoms with Crippen LogP contribution in [-0.2, 0) is 17.6 Å². The molecule has 1 aromatic heterocycles. The third-order valence-electron chi connectivity index (χ3n) is 5.01. The van der Waals surface area contributed by atoms with Gasteiger partial charge in [0, 0.05) is 0 Å². The molecule has 0 spiro atoms. The molecule has 0 radical (unpaired) electrons. The first-order valence-corrected chi connectivity index (χ1v) is 10.0. The molecule has 0 atom stereocenters. The molecule has 0 aliphatic carbocycles. The van der Waals surface area contributed by atoms with Crippen molar-refractivity contribution in [1.29, 1.82) is 0 Å². The van der Waals surface area contributed by atoms with Crippen LogP contribution in [0.4, 0.5) is 6.01 Å². The molecule has 4 rings (SSSR count). The molecule has 3 aromatic carbocycles. The Labute approximate surface area is 175 Å². The zero-order valence-electron chi connectivity index (χ0n) is 16.8. The highest BCUT2D eigenvalue weighted by atomic mass is 16.4. The van der Waals surface area contributed by atoms with E-state index in [0.717, 1.165) is 23.1 Å². The normalized spacial score (nSPS) is 10.9. The van der Waals surface area contributed by atoms with Gasteiger partial charge in [0.05, 0.1) is 12.3 Å². The first-order valence-electron chi connectivity index (χ1n) is 10.0. The summed E-state index contributed by atoms with van der Waals surface area (Å²) in [5, 5.41) is 10.9. The maximum absolute atomic E-state index is 13.1. The van der Waals surface area contributed by atoms with Crippen molar-refractivity contribution in [3.05, 3.63) is 113 Å². The summed E-state index contributed by atoms with van der Waals surface area (Å²) in [5.41, 5.74) is 4.17. The lowest BCUT2D eigenvalue weighted by atomic mass is 9.90. The van der Waals surface area contributed by atoms with E-state index in [1.54, 1.807) is 0 Å². The third-order valence-corrected chi connectivity index (χ3v) is 5.01. The van der Waals surface area contributed by atoms with E-state index in [0.29, 0.717) is 12.3 Å². The predicted octanol–water partition coefficient (Wildman–Crippen LogP) is 4.99. The van der Waals surface area contributed by atoms with Crippen molar-refractivity contribution in [1.82, 2.24) is 10.2 Å². The van der Waals surface area contributed by atoms with Crippen molar-refractivity contribution in [2.75, 3.05) is 5.32 Å². The fourth-order valence-corrected chi connectivity index (χ4v) is 3.41. The number of nitrogens with one attached hydrogen (secondary N) is 1. The molecule has 5 nitrogen and oxygen atoms in total. The summed E-state index contributed by atoms with van der Waals surface area (Å²) in [6.45, 7) is 2.13. The van der Waals surface area contributed by atoms with Crippen LogP contribution in [0.5, 0.6) is 0 Å². The summed E-state index contributed by atoms with van der Waals surface area (Å²) in [6.07, 6.45) is 1.52. The molecule has 0 aliphatic rings. The smallest absolute Gasteiger partial charge is 0.322 e. The Kier molecular flexibility index (Phi) is 5.99. The van der Waals surface area contributed by atoms with Gasteiger partial charge in [-0.05, 0) is 28.7 Å². The Morgan fingerprint density at radius 3 is 1.97 bits per heavy atom. The van der Waals surface area contributed by atoms with E-state index >= 15 is 0 Å². The van der Waals surface area contributed by atoms with Gasteiger partial charge < -0.3 is 4.42 Å². The second kappa shape index (κ2) is 9.18. The summed E-state index contributed by atoms with van der Waals surface area (Å²) < 4.78 is 5.68. The molecule has 0 bridgehead atoms. The minimum absolute atomic E-state index is 0.108. The first kappa shape index (κ1) is 19.6. The van der Waals surface area contributed by atoms with Gasteiger partial charge in [0.1, 0.15) is 0 Å². The van der Waals surface area contributed by atoms with Gasteiger partial charge in [0.15, 0.2) is 0 Å². The zero-order chi connectivity index (χ0) is 20.8. The summed E-state index contributed by atoms with van der Waals surface area (Å²) in [7, 11) is 0. The second-order valence-electron chi connectivity index (χ2n) is 7.09. The van der Waals surface area contributed by atoms with Crippen LogP contribution in [0, 0.1) is 0 Å². The topological polar surface area (TPSA) is 68.0 Å². The van der Waals surface area contributed by atoms with Gasteiger partial charge in [-0.15, -0.1) is 5.10 Å². The molecule has 0 saturated carbocycles. The molecule has 30 heavy (non-hydrogen) atoms. The number of aryl methyl sites for hydroxylation is 1. The van der Waals surface area contributed by atoms with Gasteiger partial charge in [0.25, 0.3) is 0 Å². The average Bonchev–Trinajstić information content (AvgIpc) is 3.22. The van der Waals surface area contributed by atoms with Gasteiger partial charge in [-0.25, -0.2) is 0 Å². The molecule has 1 heterocycles. The molecule has 0 saturated heterocycles. The highest BCUT2D eigenvalue weighted by Crippen LogP contribution is 2.26. The van der Waals surface area contributed by atoms with Crippen molar-refractivity contribution in [2.45, 2.75) is 25.7 Å². The van der Waals surface area contributed by atoms with Crippen molar-refractivity contribution in [3.8, 4) is 0 Å². The monoisotopic (exact) mass is 397 g/mol. The van der Waals surface area contributed by atoms with E-state index in [-0.39, 0.29) is 11.9 Å². The van der Waals surface area contributed by atoms with E-state index in [1.807, 2.05) is 60.7 Å². The SMILES string of the molecule is CCc1ccc(Cc2nnc(NC(=O)C(c3ccccc3)c3ccccc3)o2)cc1. The fraction of sp³-hybridized carbons (Fsp3) is 0.160. The number of aromatic nitrogens is 2. The van der Waals surface area contributed by atoms with Crippen molar-refractivity contribution in [3.63, 3.8) is 0 Å². The lowest BCUT2D eigenvalue weighted by Crippen LogP contribution is -2.22. The lowest BCUT2D eigenvalue weighted by molar-refractivity contribution is -0.116. The number of nitrogens with zero attached hydrogens (tertiary/aromatic N) is 2. The molecule has 0 aliphatic heterocycles. The van der Waals surface area contributed by atoms with Gasteiger partial charge in [-0.3, -0.25) is 10.1 Å². The van der Waals surface area contributed by atoms with E-state index in [2.05, 4.69) is 46.7 Å². The number of hydrogen-bond donors (Lipinski definition) is 1. The molecule has 1 N–H and O–H groups in total. The van der Waals surface area contributed by atoms with Gasteiger partial charge in [-0.1, -0.05) is 97.0 Å². The maximum Gasteiger partial charge on any atom is 0.322 e. The lowest BCUT2D eigenvalue weighted by Gasteiger charge is -2.16. The van der Waals surface area contributed by atoms with Gasteiger partial charge in [0.2, 0.25) is 11.8 Å². The predicted molar refractivity (Wildman–Crippen MR) is 116 cm³/mol. The third kappa shape index (κ3) is 4.63. The van der Waals surface area contributed by atoms with Crippen LogP contribution in [0.2, 0.25) is 0 Å². The van der Waals surface area contributed by atoms with Crippen molar-refractivity contribution >= 4 is 11.9 Å². The molecule has 1 amide bonds. The Morgan fingerprint density at radius 1 is 0.833 bits per heavy atom. The summed E-state index contributed by atoms with van der Waals surface area (Å²) in [6, 6.07) is 27.7. The summed E-state index contributed by atoms with van der Waals surface area (Å²) >= 11 is 0. The number of carbonyl (C=O) groups is 1. The Morgan fingerprint density at radius 2 is 1.40 bits per heavy atom. The van der Waals surface area contributed by atoms with Crippen molar-refractivity contribution in [2.24, 2.45) is 0 Å². The number of hydrogen-bond acceptors (Lipinski definition) is 4. The first-order chi connectivity index (χ1) is 14.7. The Hall–Kier alpha value is -3.73. The van der Waals surface area contributed by atoms with Gasteiger partial charge >= 0.3 is 6.01 Å². The fourth-order valence-electron chi connectivity index (χ4n) is 3.41. The molecule has 150 valence electrons. The quantitative estimate of drug-likeness (QED) is 0.477. The van der Waals surface area contributed by atoms with E-state index in [9.17, 15) is 4.79 Å². The summed E-state index contributed by atoms with van der Waals surface area (Å²) in [5.74, 6) is -0.218. The Bertz CT molecular complexity index is 1050. The van der Waals surface area contributed by atoms with E-state index in [4.69, 9.17) is 4.42 Å². The molecule has 0 fully saturated rings. The molecule has 0 unspecified atom stereocenters. The average molecular weight is 397 g/mol.